The summed E-state index contributed by atoms with van der Waals surface area (Å²) in [6.07, 6.45) is 1.66. The van der Waals surface area contributed by atoms with E-state index in [-0.39, 0.29) is 6.10 Å². The topological polar surface area (TPSA) is 45.1 Å². The summed E-state index contributed by atoms with van der Waals surface area (Å²) < 4.78 is 0. The van der Waals surface area contributed by atoms with Crippen molar-refractivity contribution in [2.75, 3.05) is 6.54 Å². The monoisotopic (exact) mass is 258 g/mol. The first-order valence-corrected chi connectivity index (χ1v) is 6.90. The van der Waals surface area contributed by atoms with Gasteiger partial charge in [-0.05, 0) is 57.0 Å². The highest BCUT2D eigenvalue weighted by molar-refractivity contribution is 5.79. The summed E-state index contributed by atoms with van der Waals surface area (Å²) in [4.78, 5) is 4.50. The molecule has 0 saturated carbocycles. The van der Waals surface area contributed by atoms with Crippen LogP contribution in [0.3, 0.4) is 0 Å². The predicted octanol–water partition coefficient (Wildman–Crippen LogP) is 2.79. The molecule has 1 unspecified atom stereocenters. The molecule has 0 radical (unpaired) electrons. The molecule has 2 N–H and O–H groups in total. The Kier molecular flexibility index (Phi) is 4.88. The molecule has 1 atom stereocenters. The summed E-state index contributed by atoms with van der Waals surface area (Å²) in [5.74, 6) is 0. The van der Waals surface area contributed by atoms with Crippen LogP contribution >= 0.6 is 0 Å². The number of aromatic nitrogens is 1. The minimum atomic E-state index is -0.197. The Morgan fingerprint density at radius 1 is 1.26 bits per heavy atom. The summed E-state index contributed by atoms with van der Waals surface area (Å²) in [6.45, 7) is 5.65. The lowest BCUT2D eigenvalue weighted by atomic mass is 10.1. The van der Waals surface area contributed by atoms with Gasteiger partial charge in [0.2, 0.25) is 0 Å². The summed E-state index contributed by atoms with van der Waals surface area (Å²) in [7, 11) is 0. The van der Waals surface area contributed by atoms with Gasteiger partial charge in [0.15, 0.2) is 0 Å². The third kappa shape index (κ3) is 4.30. The zero-order valence-corrected chi connectivity index (χ0v) is 11.7. The van der Waals surface area contributed by atoms with Crippen molar-refractivity contribution in [2.24, 2.45) is 0 Å². The van der Waals surface area contributed by atoms with Crippen LogP contribution in [0.5, 0.6) is 0 Å². The molecule has 1 aromatic carbocycles. The van der Waals surface area contributed by atoms with E-state index in [1.165, 1.54) is 10.9 Å². The SMILES string of the molecule is Cc1ccc2cc(CNCCCC(C)O)ccc2n1. The summed E-state index contributed by atoms with van der Waals surface area (Å²) in [5.41, 5.74) is 3.38. The molecule has 2 aromatic rings. The average molecular weight is 258 g/mol. The van der Waals surface area contributed by atoms with E-state index in [9.17, 15) is 5.11 Å². The van der Waals surface area contributed by atoms with Crippen molar-refractivity contribution in [3.05, 3.63) is 41.6 Å². The molecule has 0 spiro atoms. The van der Waals surface area contributed by atoms with Crippen LogP contribution in [0.4, 0.5) is 0 Å². The second-order valence-electron chi connectivity index (χ2n) is 5.15. The lowest BCUT2D eigenvalue weighted by molar-refractivity contribution is 0.181. The Hall–Kier alpha value is -1.45. The molecule has 3 heteroatoms. The van der Waals surface area contributed by atoms with Gasteiger partial charge >= 0.3 is 0 Å². The van der Waals surface area contributed by atoms with Crippen molar-refractivity contribution >= 4 is 10.9 Å². The first-order chi connectivity index (χ1) is 9.15. The molecule has 1 heterocycles. The maximum atomic E-state index is 9.17. The number of fused-ring (bicyclic) bond motifs is 1. The largest absolute Gasteiger partial charge is 0.393 e. The van der Waals surface area contributed by atoms with Crippen molar-refractivity contribution < 1.29 is 5.11 Å². The van der Waals surface area contributed by atoms with E-state index in [0.29, 0.717) is 0 Å². The van der Waals surface area contributed by atoms with Gasteiger partial charge in [-0.1, -0.05) is 12.1 Å². The molecule has 0 aliphatic rings. The quantitative estimate of drug-likeness (QED) is 0.783. The van der Waals surface area contributed by atoms with Crippen LogP contribution in [0, 0.1) is 6.92 Å². The predicted molar refractivity (Wildman–Crippen MR) is 79.1 cm³/mol. The number of aryl methyl sites for hydroxylation is 1. The molecule has 0 bridgehead atoms. The molecule has 102 valence electrons. The van der Waals surface area contributed by atoms with E-state index >= 15 is 0 Å². The first-order valence-electron chi connectivity index (χ1n) is 6.90. The minimum Gasteiger partial charge on any atom is -0.393 e. The van der Waals surface area contributed by atoms with Crippen LogP contribution in [0.25, 0.3) is 10.9 Å². The van der Waals surface area contributed by atoms with Crippen molar-refractivity contribution in [1.29, 1.82) is 0 Å². The fraction of sp³-hybridized carbons (Fsp3) is 0.438. The highest BCUT2D eigenvalue weighted by atomic mass is 16.3. The molecular formula is C16H22N2O. The fourth-order valence-electron chi connectivity index (χ4n) is 2.14. The molecule has 0 fully saturated rings. The lowest BCUT2D eigenvalue weighted by Crippen LogP contribution is -2.16. The number of aliphatic hydroxyl groups excluding tert-OH is 1. The third-order valence-electron chi connectivity index (χ3n) is 3.20. The third-order valence-corrected chi connectivity index (χ3v) is 3.20. The highest BCUT2D eigenvalue weighted by Gasteiger charge is 1.99. The van der Waals surface area contributed by atoms with Gasteiger partial charge in [-0.3, -0.25) is 4.98 Å². The number of benzene rings is 1. The maximum absolute atomic E-state index is 9.17. The standard InChI is InChI=1S/C16H22N2O/c1-12-5-7-15-10-14(6-8-16(15)18-12)11-17-9-3-4-13(2)19/h5-8,10,13,17,19H,3-4,9,11H2,1-2H3. The van der Waals surface area contributed by atoms with Crippen LogP contribution in [0.1, 0.15) is 31.0 Å². The summed E-state index contributed by atoms with van der Waals surface area (Å²) in [6, 6.07) is 10.5. The highest BCUT2D eigenvalue weighted by Crippen LogP contribution is 2.14. The number of nitrogens with zero attached hydrogens (tertiary/aromatic N) is 1. The van der Waals surface area contributed by atoms with E-state index in [1.54, 1.807) is 0 Å². The van der Waals surface area contributed by atoms with Gasteiger partial charge in [0.25, 0.3) is 0 Å². The van der Waals surface area contributed by atoms with Crippen LogP contribution in [0.2, 0.25) is 0 Å². The summed E-state index contributed by atoms with van der Waals surface area (Å²) >= 11 is 0. The molecule has 0 aliphatic heterocycles. The smallest absolute Gasteiger partial charge is 0.0705 e. The second-order valence-corrected chi connectivity index (χ2v) is 5.15. The van der Waals surface area contributed by atoms with Crippen molar-refractivity contribution in [3.63, 3.8) is 0 Å². The fourth-order valence-corrected chi connectivity index (χ4v) is 2.14. The Balaban J connectivity index is 1.89. The number of hydrogen-bond donors (Lipinski definition) is 2. The van der Waals surface area contributed by atoms with E-state index < -0.39 is 0 Å². The van der Waals surface area contributed by atoms with Gasteiger partial charge in [-0.15, -0.1) is 0 Å². The van der Waals surface area contributed by atoms with Crippen LogP contribution < -0.4 is 5.32 Å². The Bertz CT molecular complexity index is 537. The van der Waals surface area contributed by atoms with Gasteiger partial charge in [0, 0.05) is 17.6 Å². The summed E-state index contributed by atoms with van der Waals surface area (Å²) in [5, 5.41) is 13.8. The van der Waals surface area contributed by atoms with Crippen molar-refractivity contribution in [1.82, 2.24) is 10.3 Å². The molecule has 0 aliphatic carbocycles. The Morgan fingerprint density at radius 2 is 2.11 bits per heavy atom. The number of rotatable bonds is 6. The van der Waals surface area contributed by atoms with Crippen LogP contribution in [-0.2, 0) is 6.54 Å². The number of aliphatic hydroxyl groups is 1. The number of hydrogen-bond acceptors (Lipinski definition) is 3. The van der Waals surface area contributed by atoms with E-state index in [2.05, 4.69) is 34.6 Å². The van der Waals surface area contributed by atoms with Gasteiger partial charge in [-0.2, -0.15) is 0 Å². The molecule has 2 rings (SSSR count). The van der Waals surface area contributed by atoms with Gasteiger partial charge in [-0.25, -0.2) is 0 Å². The lowest BCUT2D eigenvalue weighted by Gasteiger charge is -2.07. The van der Waals surface area contributed by atoms with Crippen LogP contribution in [0.15, 0.2) is 30.3 Å². The molecular weight excluding hydrogens is 236 g/mol. The number of pyridine rings is 1. The van der Waals surface area contributed by atoms with Gasteiger partial charge < -0.3 is 10.4 Å². The van der Waals surface area contributed by atoms with Gasteiger partial charge in [0.1, 0.15) is 0 Å². The maximum Gasteiger partial charge on any atom is 0.0705 e. The zero-order valence-electron chi connectivity index (χ0n) is 11.7. The molecule has 0 saturated heterocycles. The Morgan fingerprint density at radius 3 is 2.89 bits per heavy atom. The van der Waals surface area contributed by atoms with E-state index in [0.717, 1.165) is 37.1 Å². The Labute approximate surface area is 114 Å². The second kappa shape index (κ2) is 6.64. The van der Waals surface area contributed by atoms with Crippen molar-refractivity contribution in [2.45, 2.75) is 39.3 Å². The first kappa shape index (κ1) is 14.0. The molecule has 19 heavy (non-hydrogen) atoms. The normalized spacial score (nSPS) is 12.8. The zero-order chi connectivity index (χ0) is 13.7. The van der Waals surface area contributed by atoms with Crippen molar-refractivity contribution in [3.8, 4) is 0 Å². The minimum absolute atomic E-state index is 0.197. The molecule has 1 aromatic heterocycles. The van der Waals surface area contributed by atoms with E-state index in [1.807, 2.05) is 19.9 Å². The average Bonchev–Trinajstić information content (AvgIpc) is 2.38. The van der Waals surface area contributed by atoms with Gasteiger partial charge in [0.05, 0.1) is 11.6 Å². The molecule has 0 amide bonds. The van der Waals surface area contributed by atoms with Crippen LogP contribution in [-0.4, -0.2) is 22.7 Å². The molecule has 3 nitrogen and oxygen atoms in total. The number of nitrogens with one attached hydrogen (secondary N) is 1. The van der Waals surface area contributed by atoms with E-state index in [4.69, 9.17) is 0 Å².